The van der Waals surface area contributed by atoms with E-state index >= 15 is 0 Å². The molecule has 0 unspecified atom stereocenters. The van der Waals surface area contributed by atoms with Crippen LogP contribution in [0.15, 0.2) is 71.3 Å². The Bertz CT molecular complexity index is 1260. The van der Waals surface area contributed by atoms with Crippen LogP contribution in [0.3, 0.4) is 0 Å². The number of piperidine rings is 1. The van der Waals surface area contributed by atoms with Crippen LogP contribution in [0.1, 0.15) is 12.8 Å². The highest BCUT2D eigenvalue weighted by molar-refractivity contribution is 6.51. The van der Waals surface area contributed by atoms with Gasteiger partial charge < -0.3 is 14.7 Å². The van der Waals surface area contributed by atoms with Crippen LogP contribution in [0.4, 0.5) is 10.1 Å². The standard InChI is InChI=1S/C27H26Cl2FN3O5/c28-23-7-6-21(14-25(23)30)38-16-20(35)15-33(17-4-2-1-3-5-17)18-8-10-32(11-9-18)31-27(37)22-12-19(34)13-24(29)26(22)36/h1-7,12-14,18,20,35H,8-11,15-16H2,(H,31,37)/t20-/m0/s1. The van der Waals surface area contributed by atoms with Gasteiger partial charge in [-0.25, -0.2) is 9.40 Å². The largest absolute Gasteiger partial charge is 0.491 e. The number of ketones is 2. The number of carbonyl (C=O) groups excluding carboxylic acids is 3. The fourth-order valence-electron chi connectivity index (χ4n) is 4.35. The zero-order valence-corrected chi connectivity index (χ0v) is 21.8. The molecule has 1 amide bonds. The lowest BCUT2D eigenvalue weighted by atomic mass is 10.0. The molecule has 4 rings (SSSR count). The van der Waals surface area contributed by atoms with Gasteiger partial charge >= 0.3 is 0 Å². The second-order valence-electron chi connectivity index (χ2n) is 8.97. The predicted molar refractivity (Wildman–Crippen MR) is 141 cm³/mol. The molecular formula is C27H26Cl2FN3O5. The van der Waals surface area contributed by atoms with Crippen LogP contribution >= 0.6 is 23.2 Å². The number of nitrogens with zero attached hydrogens (tertiary/aromatic N) is 2. The van der Waals surface area contributed by atoms with Gasteiger partial charge in [0.05, 0.1) is 15.6 Å². The molecule has 1 heterocycles. The van der Waals surface area contributed by atoms with Gasteiger partial charge in [-0.05, 0) is 37.1 Å². The number of ether oxygens (including phenoxy) is 1. The number of carbonyl (C=O) groups is 3. The summed E-state index contributed by atoms with van der Waals surface area (Å²) >= 11 is 11.5. The van der Waals surface area contributed by atoms with E-state index in [0.717, 1.165) is 17.8 Å². The third-order valence-electron chi connectivity index (χ3n) is 6.26. The Balaban J connectivity index is 1.35. The average molecular weight is 562 g/mol. The molecule has 0 saturated carbocycles. The molecule has 8 nitrogen and oxygen atoms in total. The number of halogens is 3. The molecular weight excluding hydrogens is 536 g/mol. The van der Waals surface area contributed by atoms with Crippen molar-refractivity contribution in [1.29, 1.82) is 0 Å². The van der Waals surface area contributed by atoms with E-state index in [4.69, 9.17) is 27.9 Å². The first-order valence-electron chi connectivity index (χ1n) is 12.0. The van der Waals surface area contributed by atoms with Crippen molar-refractivity contribution < 1.29 is 28.6 Å². The van der Waals surface area contributed by atoms with Crippen LogP contribution in [-0.2, 0) is 14.4 Å². The minimum Gasteiger partial charge on any atom is -0.491 e. The molecule has 1 atom stereocenters. The maximum Gasteiger partial charge on any atom is 0.269 e. The molecule has 2 aromatic rings. The molecule has 1 aliphatic heterocycles. The minimum absolute atomic E-state index is 0.00752. The Morgan fingerprint density at radius 1 is 1.13 bits per heavy atom. The van der Waals surface area contributed by atoms with E-state index in [2.05, 4.69) is 10.3 Å². The first-order chi connectivity index (χ1) is 18.2. The molecule has 2 N–H and O–H groups in total. The zero-order valence-electron chi connectivity index (χ0n) is 20.3. The summed E-state index contributed by atoms with van der Waals surface area (Å²) in [5.41, 5.74) is 3.31. The van der Waals surface area contributed by atoms with Gasteiger partial charge in [0.2, 0.25) is 5.78 Å². The van der Waals surface area contributed by atoms with E-state index in [1.54, 1.807) is 5.01 Å². The molecule has 1 saturated heterocycles. The number of allylic oxidation sites excluding steroid dienone is 3. The monoisotopic (exact) mass is 561 g/mol. The maximum atomic E-state index is 13.7. The number of para-hydroxylation sites is 1. The Kier molecular flexibility index (Phi) is 9.17. The van der Waals surface area contributed by atoms with Crippen molar-refractivity contribution in [1.82, 2.24) is 10.4 Å². The molecule has 0 spiro atoms. The van der Waals surface area contributed by atoms with E-state index in [1.165, 1.54) is 18.2 Å². The van der Waals surface area contributed by atoms with E-state index < -0.39 is 29.4 Å². The SMILES string of the molecule is O=C1C=C(Cl)C(=O)C(C(=O)NN2CCC(N(C[C@H](O)COc3ccc(Cl)c(F)c3)c3ccccc3)CC2)=C1. The molecule has 0 bridgehead atoms. The maximum absolute atomic E-state index is 13.7. The molecule has 38 heavy (non-hydrogen) atoms. The van der Waals surface area contributed by atoms with Crippen molar-refractivity contribution in [3.05, 3.63) is 82.1 Å². The fourth-order valence-corrected chi connectivity index (χ4v) is 4.68. The van der Waals surface area contributed by atoms with Crippen molar-refractivity contribution in [2.24, 2.45) is 0 Å². The van der Waals surface area contributed by atoms with Crippen molar-refractivity contribution in [2.75, 3.05) is 31.1 Å². The number of nitrogens with one attached hydrogen (secondary N) is 1. The summed E-state index contributed by atoms with van der Waals surface area (Å²) < 4.78 is 19.3. The first-order valence-corrected chi connectivity index (χ1v) is 12.8. The second kappa shape index (κ2) is 12.5. The molecule has 2 aliphatic rings. The van der Waals surface area contributed by atoms with Crippen LogP contribution in [0.25, 0.3) is 0 Å². The van der Waals surface area contributed by atoms with Crippen molar-refractivity contribution in [3.63, 3.8) is 0 Å². The van der Waals surface area contributed by atoms with Crippen LogP contribution in [0, 0.1) is 5.82 Å². The fraction of sp³-hybridized carbons (Fsp3) is 0.296. The number of aliphatic hydroxyl groups is 1. The molecule has 0 radical (unpaired) electrons. The van der Waals surface area contributed by atoms with Gasteiger partial charge in [-0.2, -0.15) is 0 Å². The smallest absolute Gasteiger partial charge is 0.269 e. The number of benzene rings is 2. The van der Waals surface area contributed by atoms with Gasteiger partial charge in [0.25, 0.3) is 5.91 Å². The van der Waals surface area contributed by atoms with Crippen LogP contribution < -0.4 is 15.1 Å². The van der Waals surface area contributed by atoms with E-state index in [0.29, 0.717) is 25.9 Å². The normalized spacial score (nSPS) is 17.5. The van der Waals surface area contributed by atoms with Crippen molar-refractivity contribution in [2.45, 2.75) is 25.0 Å². The number of Topliss-reactive ketones (excluding diaryl/α,β-unsaturated/α-hetero) is 1. The van der Waals surface area contributed by atoms with Gasteiger partial charge in [0, 0.05) is 49.6 Å². The average Bonchev–Trinajstić information content (AvgIpc) is 2.91. The summed E-state index contributed by atoms with van der Waals surface area (Å²) in [6.45, 7) is 1.19. The Morgan fingerprint density at radius 3 is 2.53 bits per heavy atom. The summed E-state index contributed by atoms with van der Waals surface area (Å²) in [5, 5.41) is 12.1. The first kappa shape index (κ1) is 27.8. The number of aliphatic hydroxyl groups excluding tert-OH is 1. The number of hydrogen-bond donors (Lipinski definition) is 2. The summed E-state index contributed by atoms with van der Waals surface area (Å²) in [5.74, 6) is -2.21. The highest BCUT2D eigenvalue weighted by Gasteiger charge is 2.30. The van der Waals surface area contributed by atoms with E-state index in [1.807, 2.05) is 30.3 Å². The number of amides is 1. The quantitative estimate of drug-likeness (QED) is 0.357. The van der Waals surface area contributed by atoms with E-state index in [9.17, 15) is 23.9 Å². The van der Waals surface area contributed by atoms with Gasteiger partial charge in [-0.15, -0.1) is 0 Å². The molecule has 1 aliphatic carbocycles. The highest BCUT2D eigenvalue weighted by atomic mass is 35.5. The molecule has 2 aromatic carbocycles. The van der Waals surface area contributed by atoms with Crippen LogP contribution in [0.5, 0.6) is 5.75 Å². The summed E-state index contributed by atoms with van der Waals surface area (Å²) in [6.07, 6.45) is 2.40. The number of hydrogen-bond acceptors (Lipinski definition) is 7. The third-order valence-corrected chi connectivity index (χ3v) is 6.84. The van der Waals surface area contributed by atoms with Crippen molar-refractivity contribution >= 4 is 46.4 Å². The Morgan fingerprint density at radius 2 is 1.84 bits per heavy atom. The van der Waals surface area contributed by atoms with Gasteiger partial charge in [0.15, 0.2) is 5.78 Å². The minimum atomic E-state index is -0.869. The molecule has 0 aromatic heterocycles. The van der Waals surface area contributed by atoms with Gasteiger partial charge in [-0.1, -0.05) is 41.4 Å². The summed E-state index contributed by atoms with van der Waals surface area (Å²) in [7, 11) is 0. The summed E-state index contributed by atoms with van der Waals surface area (Å²) in [6, 6.07) is 13.8. The highest BCUT2D eigenvalue weighted by Crippen LogP contribution is 2.25. The Labute approximate surface area is 229 Å². The molecule has 11 heteroatoms. The molecule has 200 valence electrons. The summed E-state index contributed by atoms with van der Waals surface area (Å²) in [4.78, 5) is 38.5. The van der Waals surface area contributed by atoms with Crippen molar-refractivity contribution in [3.8, 4) is 5.75 Å². The topological polar surface area (TPSA) is 99.2 Å². The second-order valence-corrected chi connectivity index (χ2v) is 9.78. The number of anilines is 1. The van der Waals surface area contributed by atoms with Gasteiger partial charge in [-0.3, -0.25) is 19.8 Å². The van der Waals surface area contributed by atoms with Crippen LogP contribution in [-0.4, -0.2) is 66.0 Å². The molecule has 1 fully saturated rings. The Hall–Kier alpha value is -3.24. The predicted octanol–water partition coefficient (Wildman–Crippen LogP) is 3.42. The third kappa shape index (κ3) is 6.99. The lowest BCUT2D eigenvalue weighted by Gasteiger charge is -2.40. The lowest BCUT2D eigenvalue weighted by molar-refractivity contribution is -0.126. The van der Waals surface area contributed by atoms with Crippen LogP contribution in [0.2, 0.25) is 5.02 Å². The van der Waals surface area contributed by atoms with Gasteiger partial charge in [0.1, 0.15) is 24.3 Å². The number of rotatable bonds is 9. The number of hydrazine groups is 1. The lowest BCUT2D eigenvalue weighted by Crippen LogP contribution is -2.53. The van der Waals surface area contributed by atoms with E-state index in [-0.39, 0.29) is 40.6 Å². The zero-order chi connectivity index (χ0) is 27.2.